The highest BCUT2D eigenvalue weighted by atomic mass is 16.2. The molecule has 0 atom stereocenters. The fourth-order valence-electron chi connectivity index (χ4n) is 0.252. The van der Waals surface area contributed by atoms with Crippen molar-refractivity contribution in [3.8, 4) is 0 Å². The molecule has 0 rings (SSSR count). The van der Waals surface area contributed by atoms with Crippen molar-refractivity contribution in [3.63, 3.8) is 0 Å². The second-order valence-corrected chi connectivity index (χ2v) is 1.61. The van der Waals surface area contributed by atoms with E-state index in [0.717, 1.165) is 0 Å². The quantitative estimate of drug-likeness (QED) is 0.499. The van der Waals surface area contributed by atoms with Crippen molar-refractivity contribution < 1.29 is 4.79 Å². The van der Waals surface area contributed by atoms with Gasteiger partial charge in [-0.1, -0.05) is 0 Å². The molecule has 0 radical (unpaired) electrons. The third-order valence-corrected chi connectivity index (χ3v) is 0.892. The zero-order chi connectivity index (χ0) is 7.28. The largest absolute Gasteiger partial charge is 0.321 e. The summed E-state index contributed by atoms with van der Waals surface area (Å²) in [5.74, 6) is -0.0186. The average molecular weight is 126 g/mol. The van der Waals surface area contributed by atoms with E-state index in [1.165, 1.54) is 18.0 Å². The average Bonchev–Trinajstić information content (AvgIpc) is 1.82. The van der Waals surface area contributed by atoms with Crippen LogP contribution in [0.5, 0.6) is 0 Å². The van der Waals surface area contributed by atoms with Crippen molar-refractivity contribution >= 4 is 12.6 Å². The molecule has 50 valence electrons. The molecule has 0 aliphatic carbocycles. The number of carbonyl (C=O) groups is 1. The van der Waals surface area contributed by atoms with Gasteiger partial charge in [0.2, 0.25) is 5.91 Å². The second-order valence-electron chi connectivity index (χ2n) is 1.61. The Balaban J connectivity index is 3.75. The Kier molecular flexibility index (Phi) is 3.35. The molecule has 0 spiro atoms. The molecule has 0 aliphatic heterocycles. The van der Waals surface area contributed by atoms with Crippen LogP contribution in [-0.2, 0) is 4.79 Å². The monoisotopic (exact) mass is 126 g/mol. The summed E-state index contributed by atoms with van der Waals surface area (Å²) in [6.07, 6.45) is 3.01. The zero-order valence-electron chi connectivity index (χ0n) is 5.66. The van der Waals surface area contributed by atoms with Crippen molar-refractivity contribution in [1.82, 2.24) is 4.90 Å². The summed E-state index contributed by atoms with van der Waals surface area (Å²) in [4.78, 5) is 15.3. The number of nitrogens with zero attached hydrogens (tertiary/aromatic N) is 2. The fraction of sp³-hybridized carbons (Fsp3) is 0.333. The smallest absolute Gasteiger partial charge is 0.223 e. The van der Waals surface area contributed by atoms with Gasteiger partial charge in [-0.15, -0.1) is 0 Å². The van der Waals surface area contributed by atoms with Crippen molar-refractivity contribution in [2.24, 2.45) is 4.99 Å². The van der Waals surface area contributed by atoms with E-state index in [-0.39, 0.29) is 5.91 Å². The normalized spacial score (nSPS) is 9.56. The van der Waals surface area contributed by atoms with Crippen molar-refractivity contribution in [3.05, 3.63) is 12.4 Å². The molecule has 0 N–H and O–H groups in total. The third kappa shape index (κ3) is 3.46. The molecule has 0 bridgehead atoms. The molecular formula is C6H10N2O. The van der Waals surface area contributed by atoms with Crippen molar-refractivity contribution in [2.45, 2.75) is 6.92 Å². The highest BCUT2D eigenvalue weighted by Gasteiger charge is 1.92. The number of carbonyl (C=O) groups excluding carboxylic acids is 1. The van der Waals surface area contributed by atoms with E-state index in [4.69, 9.17) is 0 Å². The lowest BCUT2D eigenvalue weighted by molar-refractivity contribution is -0.125. The Morgan fingerprint density at radius 3 is 2.67 bits per heavy atom. The lowest BCUT2D eigenvalue weighted by Gasteiger charge is -2.05. The van der Waals surface area contributed by atoms with E-state index in [1.807, 2.05) is 0 Å². The summed E-state index contributed by atoms with van der Waals surface area (Å²) in [6, 6.07) is 0. The molecule has 3 heteroatoms. The van der Waals surface area contributed by atoms with Crippen LogP contribution in [0.2, 0.25) is 0 Å². The van der Waals surface area contributed by atoms with Crippen LogP contribution >= 0.6 is 0 Å². The lowest BCUT2D eigenvalue weighted by atomic mass is 10.6. The maximum Gasteiger partial charge on any atom is 0.223 e. The first kappa shape index (κ1) is 7.88. The van der Waals surface area contributed by atoms with Gasteiger partial charge in [-0.3, -0.25) is 9.79 Å². The summed E-state index contributed by atoms with van der Waals surface area (Å²) < 4.78 is 0. The van der Waals surface area contributed by atoms with Gasteiger partial charge in [0.15, 0.2) is 0 Å². The minimum atomic E-state index is -0.0186. The van der Waals surface area contributed by atoms with E-state index < -0.39 is 0 Å². The number of hydrogen-bond donors (Lipinski definition) is 0. The molecule has 1 amide bonds. The zero-order valence-corrected chi connectivity index (χ0v) is 5.66. The molecule has 0 saturated carbocycles. The molecule has 0 aliphatic rings. The first-order valence-electron chi connectivity index (χ1n) is 2.54. The molecule has 0 aromatic heterocycles. The van der Waals surface area contributed by atoms with Gasteiger partial charge in [-0.25, -0.2) is 0 Å². The number of rotatable bonds is 2. The third-order valence-electron chi connectivity index (χ3n) is 0.892. The molecule has 0 fully saturated rings. The van der Waals surface area contributed by atoms with Gasteiger partial charge in [-0.2, -0.15) is 0 Å². The molecular weight excluding hydrogens is 116 g/mol. The Morgan fingerprint density at radius 2 is 2.33 bits per heavy atom. The van der Waals surface area contributed by atoms with Gasteiger partial charge >= 0.3 is 0 Å². The molecule has 0 aromatic carbocycles. The highest BCUT2D eigenvalue weighted by Crippen LogP contribution is 1.83. The Hall–Kier alpha value is -1.12. The number of aliphatic imine (C=N–C) groups is 1. The van der Waals surface area contributed by atoms with Gasteiger partial charge in [-0.05, 0) is 6.72 Å². The van der Waals surface area contributed by atoms with Crippen LogP contribution in [0.1, 0.15) is 6.92 Å². The van der Waals surface area contributed by atoms with Crippen LogP contribution in [0.4, 0.5) is 0 Å². The van der Waals surface area contributed by atoms with E-state index in [1.54, 1.807) is 13.2 Å². The van der Waals surface area contributed by atoms with Crippen LogP contribution in [0.25, 0.3) is 0 Å². The Bertz CT molecular complexity index is 140. The predicted molar refractivity (Wildman–Crippen MR) is 37.1 cm³/mol. The van der Waals surface area contributed by atoms with E-state index in [9.17, 15) is 4.79 Å². The highest BCUT2D eigenvalue weighted by molar-refractivity contribution is 5.73. The maximum absolute atomic E-state index is 10.5. The second kappa shape index (κ2) is 3.83. The maximum atomic E-state index is 10.5. The minimum absolute atomic E-state index is 0.0186. The van der Waals surface area contributed by atoms with Gasteiger partial charge in [0.1, 0.15) is 0 Å². The first-order chi connectivity index (χ1) is 4.18. The van der Waals surface area contributed by atoms with Gasteiger partial charge in [0.05, 0.1) is 0 Å². The van der Waals surface area contributed by atoms with Crippen molar-refractivity contribution in [2.75, 3.05) is 7.05 Å². The van der Waals surface area contributed by atoms with Crippen LogP contribution in [-0.4, -0.2) is 24.6 Å². The fourth-order valence-corrected chi connectivity index (χ4v) is 0.252. The van der Waals surface area contributed by atoms with Crippen LogP contribution < -0.4 is 0 Å². The Labute approximate surface area is 54.7 Å². The number of amides is 1. The molecule has 0 unspecified atom stereocenters. The Morgan fingerprint density at radius 1 is 1.78 bits per heavy atom. The van der Waals surface area contributed by atoms with Gasteiger partial charge in [0.25, 0.3) is 0 Å². The molecule has 0 heterocycles. The summed E-state index contributed by atoms with van der Waals surface area (Å²) in [7, 11) is 1.66. The summed E-state index contributed by atoms with van der Waals surface area (Å²) in [6.45, 7) is 4.70. The molecule has 3 nitrogen and oxygen atoms in total. The van der Waals surface area contributed by atoms with Crippen LogP contribution in [0.15, 0.2) is 17.4 Å². The first-order valence-corrected chi connectivity index (χ1v) is 2.54. The van der Waals surface area contributed by atoms with E-state index >= 15 is 0 Å². The SMILES string of the molecule is C=N/C=C\N(C)C(C)=O. The van der Waals surface area contributed by atoms with Crippen LogP contribution in [0, 0.1) is 0 Å². The standard InChI is InChI=1S/C6H10N2O/c1-6(9)8(3)5-4-7-2/h4-5H,2H2,1,3H3/b5-4-. The van der Waals surface area contributed by atoms with Crippen LogP contribution in [0.3, 0.4) is 0 Å². The lowest BCUT2D eigenvalue weighted by Crippen LogP contribution is -2.16. The minimum Gasteiger partial charge on any atom is -0.321 e. The van der Waals surface area contributed by atoms with E-state index in [2.05, 4.69) is 11.7 Å². The summed E-state index contributed by atoms with van der Waals surface area (Å²) in [5, 5.41) is 0. The van der Waals surface area contributed by atoms with Gasteiger partial charge in [0, 0.05) is 26.4 Å². The molecule has 0 aromatic rings. The van der Waals surface area contributed by atoms with Crippen molar-refractivity contribution in [1.29, 1.82) is 0 Å². The molecule has 9 heavy (non-hydrogen) atoms. The topological polar surface area (TPSA) is 32.7 Å². The summed E-state index contributed by atoms with van der Waals surface area (Å²) >= 11 is 0. The van der Waals surface area contributed by atoms with E-state index in [0.29, 0.717) is 0 Å². The predicted octanol–water partition coefficient (Wildman–Crippen LogP) is 0.637. The number of hydrogen-bond acceptors (Lipinski definition) is 2. The summed E-state index contributed by atoms with van der Waals surface area (Å²) in [5.41, 5.74) is 0. The molecule has 0 saturated heterocycles. The van der Waals surface area contributed by atoms with Gasteiger partial charge < -0.3 is 4.90 Å².